The van der Waals surface area contributed by atoms with Crippen LogP contribution in [-0.2, 0) is 24.1 Å². The Bertz CT molecular complexity index is 1530. The van der Waals surface area contributed by atoms with Gasteiger partial charge in [0.25, 0.3) is 0 Å². The van der Waals surface area contributed by atoms with Gasteiger partial charge in [-0.3, -0.25) is 14.7 Å². The van der Waals surface area contributed by atoms with E-state index in [1.54, 1.807) is 18.5 Å². The summed E-state index contributed by atoms with van der Waals surface area (Å²) in [5.41, 5.74) is 3.88. The first-order valence-electron chi connectivity index (χ1n) is 14.5. The molecule has 4 aromatic rings. The molecule has 5 rings (SSSR count). The smallest absolute Gasteiger partial charge is 0.345 e. The molecule has 1 aliphatic rings. The van der Waals surface area contributed by atoms with Crippen molar-refractivity contribution < 1.29 is 18.0 Å². The second-order valence-corrected chi connectivity index (χ2v) is 11.0. The molecule has 7 nitrogen and oxygen atoms in total. The van der Waals surface area contributed by atoms with Crippen LogP contribution in [0.3, 0.4) is 0 Å². The molecule has 2 aromatic heterocycles. The predicted molar refractivity (Wildman–Crippen MR) is 165 cm³/mol. The van der Waals surface area contributed by atoms with Gasteiger partial charge in [-0.2, -0.15) is 13.2 Å². The van der Waals surface area contributed by atoms with Crippen molar-refractivity contribution in [3.05, 3.63) is 120 Å². The van der Waals surface area contributed by atoms with E-state index in [9.17, 15) is 18.0 Å². The number of pyridine rings is 1. The molecule has 0 aliphatic carbocycles. The highest BCUT2D eigenvalue weighted by Crippen LogP contribution is 2.29. The predicted octanol–water partition coefficient (Wildman–Crippen LogP) is 6.67. The van der Waals surface area contributed by atoms with Gasteiger partial charge in [0.05, 0.1) is 5.56 Å². The number of carbonyl (C=O) groups is 1. The number of hydrogen-bond acceptors (Lipinski definition) is 6. The van der Waals surface area contributed by atoms with Crippen LogP contribution >= 0.6 is 0 Å². The van der Waals surface area contributed by atoms with Gasteiger partial charge in [-0.25, -0.2) is 9.97 Å². The van der Waals surface area contributed by atoms with Crippen molar-refractivity contribution in [1.82, 2.24) is 24.8 Å². The highest BCUT2D eigenvalue weighted by atomic mass is 19.4. The lowest BCUT2D eigenvalue weighted by atomic mass is 10.0. The van der Waals surface area contributed by atoms with Crippen LogP contribution in [0.1, 0.15) is 40.9 Å². The average Bonchev–Trinajstić information content (AvgIpc) is 3.04. The molecule has 0 unspecified atom stereocenters. The SMILES string of the molecule is Cc1ncc(CN2CCC(N(Cc3ccc(N(C)c4ccncc4)cc3)C(=O)C=Cc3ccc(C(F)(F)F)cc3)CC2)cn1. The highest BCUT2D eigenvalue weighted by molar-refractivity contribution is 5.92. The van der Waals surface area contributed by atoms with Gasteiger partial charge in [0, 0.05) is 87.1 Å². The van der Waals surface area contributed by atoms with Crippen molar-refractivity contribution >= 4 is 23.4 Å². The quantitative estimate of drug-likeness (QED) is 0.200. The number of alkyl halides is 3. The molecule has 228 valence electrons. The standard InChI is InChI=1S/C34H35F3N6O/c1-25-39-21-28(22-40-25)23-42-19-15-32(16-20-42)43(33(44)12-7-26-3-8-29(9-4-26)34(35,36)37)24-27-5-10-30(11-6-27)41(2)31-13-17-38-18-14-31/h3-14,17-18,21-22,32H,15-16,19-20,23-24H2,1-2H3. The van der Waals surface area contributed by atoms with E-state index in [2.05, 4.69) is 24.8 Å². The lowest BCUT2D eigenvalue weighted by molar-refractivity contribution is -0.137. The molecular formula is C34H35F3N6O. The summed E-state index contributed by atoms with van der Waals surface area (Å²) in [6.07, 6.45) is 7.45. The number of carbonyl (C=O) groups excluding carboxylic acids is 1. The maximum absolute atomic E-state index is 13.6. The third-order valence-corrected chi connectivity index (χ3v) is 7.90. The maximum Gasteiger partial charge on any atom is 0.416 e. The van der Waals surface area contributed by atoms with Gasteiger partial charge in [-0.15, -0.1) is 0 Å². The Morgan fingerprint density at radius 2 is 1.52 bits per heavy atom. The fourth-order valence-corrected chi connectivity index (χ4v) is 5.32. The number of benzene rings is 2. The second kappa shape index (κ2) is 13.8. The lowest BCUT2D eigenvalue weighted by Crippen LogP contribution is -2.46. The minimum atomic E-state index is -4.40. The number of aromatic nitrogens is 3. The molecule has 0 bridgehead atoms. The second-order valence-electron chi connectivity index (χ2n) is 11.0. The summed E-state index contributed by atoms with van der Waals surface area (Å²) in [5.74, 6) is 0.566. The van der Waals surface area contributed by atoms with E-state index >= 15 is 0 Å². The maximum atomic E-state index is 13.6. The molecule has 1 aliphatic heterocycles. The van der Waals surface area contributed by atoms with Gasteiger partial charge >= 0.3 is 6.18 Å². The van der Waals surface area contributed by atoms with Gasteiger partial charge in [0.15, 0.2) is 0 Å². The Morgan fingerprint density at radius 1 is 0.909 bits per heavy atom. The molecular weight excluding hydrogens is 565 g/mol. The van der Waals surface area contributed by atoms with Crippen molar-refractivity contribution in [1.29, 1.82) is 0 Å². The van der Waals surface area contributed by atoms with Crippen LogP contribution in [-0.4, -0.2) is 56.8 Å². The molecule has 2 aromatic carbocycles. The van der Waals surface area contributed by atoms with Crippen LogP contribution in [0.15, 0.2) is 91.5 Å². The third-order valence-electron chi connectivity index (χ3n) is 7.90. The highest BCUT2D eigenvalue weighted by Gasteiger charge is 2.30. The minimum absolute atomic E-state index is 0.0180. The van der Waals surface area contributed by atoms with Gasteiger partial charge in [0.1, 0.15) is 5.82 Å². The Kier molecular flexibility index (Phi) is 9.69. The number of aryl methyl sites for hydroxylation is 1. The molecule has 10 heteroatoms. The summed E-state index contributed by atoms with van der Waals surface area (Å²) < 4.78 is 38.9. The fraction of sp³-hybridized carbons (Fsp3) is 0.294. The van der Waals surface area contributed by atoms with Gasteiger partial charge in [-0.05, 0) is 73.4 Å². The van der Waals surface area contributed by atoms with E-state index in [-0.39, 0.29) is 11.9 Å². The molecule has 0 spiro atoms. The van der Waals surface area contributed by atoms with Crippen LogP contribution in [0.5, 0.6) is 0 Å². The van der Waals surface area contributed by atoms with Gasteiger partial charge in [0.2, 0.25) is 5.91 Å². The van der Waals surface area contributed by atoms with E-state index in [1.165, 1.54) is 18.2 Å². The Hall–Kier alpha value is -4.57. The van der Waals surface area contributed by atoms with E-state index in [4.69, 9.17) is 0 Å². The normalized spacial score (nSPS) is 14.6. The molecule has 44 heavy (non-hydrogen) atoms. The van der Waals surface area contributed by atoms with Crippen molar-refractivity contribution in [2.24, 2.45) is 0 Å². The average molecular weight is 601 g/mol. The lowest BCUT2D eigenvalue weighted by Gasteiger charge is -2.38. The summed E-state index contributed by atoms with van der Waals surface area (Å²) >= 11 is 0. The van der Waals surface area contributed by atoms with Crippen molar-refractivity contribution in [2.45, 2.75) is 45.1 Å². The van der Waals surface area contributed by atoms with Gasteiger partial charge in [-0.1, -0.05) is 24.3 Å². The molecule has 0 N–H and O–H groups in total. The van der Waals surface area contributed by atoms with Crippen LogP contribution in [0, 0.1) is 6.92 Å². The van der Waals surface area contributed by atoms with Crippen LogP contribution in [0.2, 0.25) is 0 Å². The molecule has 3 heterocycles. The largest absolute Gasteiger partial charge is 0.416 e. The van der Waals surface area contributed by atoms with Crippen molar-refractivity contribution in [3.63, 3.8) is 0 Å². The number of piperidine rings is 1. The summed E-state index contributed by atoms with van der Waals surface area (Å²) in [7, 11) is 1.99. The number of nitrogens with zero attached hydrogens (tertiary/aromatic N) is 6. The number of halogens is 3. The third kappa shape index (κ3) is 8.08. The van der Waals surface area contributed by atoms with Crippen LogP contribution < -0.4 is 4.90 Å². The van der Waals surface area contributed by atoms with Crippen LogP contribution in [0.4, 0.5) is 24.5 Å². The first-order valence-corrected chi connectivity index (χ1v) is 14.5. The summed E-state index contributed by atoms with van der Waals surface area (Å²) in [6, 6.07) is 16.8. The number of amides is 1. The Balaban J connectivity index is 1.29. The van der Waals surface area contributed by atoms with E-state index < -0.39 is 11.7 Å². The van der Waals surface area contributed by atoms with Crippen molar-refractivity contribution in [2.75, 3.05) is 25.0 Å². The van der Waals surface area contributed by atoms with Gasteiger partial charge < -0.3 is 9.80 Å². The van der Waals surface area contributed by atoms with E-state index in [0.29, 0.717) is 12.1 Å². The zero-order valence-corrected chi connectivity index (χ0v) is 24.8. The Labute approximate surface area is 255 Å². The first kappa shape index (κ1) is 30.9. The number of rotatable bonds is 9. The number of anilines is 2. The fourth-order valence-electron chi connectivity index (χ4n) is 5.32. The molecule has 1 fully saturated rings. The monoisotopic (exact) mass is 600 g/mol. The first-order chi connectivity index (χ1) is 21.2. The zero-order valence-electron chi connectivity index (χ0n) is 24.8. The number of likely N-dealkylation sites (tertiary alicyclic amines) is 1. The summed E-state index contributed by atoms with van der Waals surface area (Å²) in [4.78, 5) is 32.6. The Morgan fingerprint density at radius 3 is 2.14 bits per heavy atom. The minimum Gasteiger partial charge on any atom is -0.345 e. The molecule has 1 amide bonds. The molecule has 1 saturated heterocycles. The molecule has 0 saturated carbocycles. The van der Waals surface area contributed by atoms with E-state index in [1.807, 2.05) is 67.7 Å². The molecule has 0 atom stereocenters. The van der Waals surface area contributed by atoms with Crippen LogP contribution in [0.25, 0.3) is 6.08 Å². The zero-order chi connectivity index (χ0) is 31.1. The summed E-state index contributed by atoms with van der Waals surface area (Å²) in [6.45, 7) is 4.67. The van der Waals surface area contributed by atoms with E-state index in [0.717, 1.165) is 72.9 Å². The topological polar surface area (TPSA) is 65.5 Å². The molecule has 0 radical (unpaired) electrons. The number of hydrogen-bond donors (Lipinski definition) is 0. The summed E-state index contributed by atoms with van der Waals surface area (Å²) in [5, 5.41) is 0. The van der Waals surface area contributed by atoms with Crippen molar-refractivity contribution in [3.8, 4) is 0 Å².